The smallest absolute Gasteiger partial charge is 0.258 e. The van der Waals surface area contributed by atoms with Crippen LogP contribution in [0.3, 0.4) is 0 Å². The molecule has 6 nitrogen and oxygen atoms in total. The summed E-state index contributed by atoms with van der Waals surface area (Å²) in [6.45, 7) is 0. The Morgan fingerprint density at radius 2 is 1.57 bits per heavy atom. The zero-order chi connectivity index (χ0) is 22.2. The molecule has 0 spiro atoms. The van der Waals surface area contributed by atoms with Crippen LogP contribution in [0.4, 0.5) is 27.6 Å². The highest BCUT2D eigenvalue weighted by Crippen LogP contribution is 2.25. The number of carbonyl (C=O) groups excluding carboxylic acids is 1. The van der Waals surface area contributed by atoms with E-state index in [-0.39, 0.29) is 6.07 Å². The van der Waals surface area contributed by atoms with Gasteiger partial charge < -0.3 is 10.4 Å². The van der Waals surface area contributed by atoms with Crippen molar-refractivity contribution in [3.05, 3.63) is 58.9 Å². The first-order valence-corrected chi connectivity index (χ1v) is 10.1. The number of hydrogen-bond donors (Lipinski definition) is 3. The van der Waals surface area contributed by atoms with Gasteiger partial charge in [0.25, 0.3) is 5.91 Å². The maximum absolute atomic E-state index is 14.1. The van der Waals surface area contributed by atoms with Crippen LogP contribution in [0.5, 0.6) is 0 Å². The molecule has 0 heterocycles. The van der Waals surface area contributed by atoms with E-state index >= 15 is 0 Å². The highest BCUT2D eigenvalue weighted by atomic mass is 32.2. The number of rotatable bonds is 5. The fraction of sp³-hybridized carbons (Fsp3) is 0.278. The summed E-state index contributed by atoms with van der Waals surface area (Å²) in [6, 6.07) is 0.568. The Balaban J connectivity index is 1.91. The molecule has 0 aromatic heterocycles. The molecule has 0 aliphatic heterocycles. The Kier molecular flexibility index (Phi) is 6.11. The average Bonchev–Trinajstić information content (AvgIpc) is 3.03. The zero-order valence-corrected chi connectivity index (χ0v) is 15.9. The van der Waals surface area contributed by atoms with Crippen molar-refractivity contribution in [2.75, 3.05) is 5.32 Å². The van der Waals surface area contributed by atoms with E-state index in [0.29, 0.717) is 37.5 Å². The third-order valence-corrected chi connectivity index (χ3v) is 6.09. The van der Waals surface area contributed by atoms with Crippen molar-refractivity contribution in [1.29, 1.82) is 0 Å². The molecule has 3 rings (SSSR count). The summed E-state index contributed by atoms with van der Waals surface area (Å²) < 4.78 is 94.8. The molecule has 2 unspecified atom stereocenters. The summed E-state index contributed by atoms with van der Waals surface area (Å²) in [5.41, 5.74) is -1.51. The fourth-order valence-electron chi connectivity index (χ4n) is 3.08. The first-order chi connectivity index (χ1) is 14.0. The van der Waals surface area contributed by atoms with E-state index in [1.165, 1.54) is 0 Å². The number of sulfonamides is 1. The van der Waals surface area contributed by atoms with E-state index in [9.17, 15) is 40.3 Å². The number of aliphatic hydroxyl groups excluding tert-OH is 1. The Labute approximate surface area is 167 Å². The average molecular weight is 450 g/mol. The van der Waals surface area contributed by atoms with E-state index in [4.69, 9.17) is 0 Å². The van der Waals surface area contributed by atoms with Gasteiger partial charge in [-0.25, -0.2) is 35.1 Å². The minimum absolute atomic E-state index is 0.167. The number of anilines is 1. The van der Waals surface area contributed by atoms with Gasteiger partial charge in [0.1, 0.15) is 16.5 Å². The third-order valence-electron chi connectivity index (χ3n) is 4.58. The van der Waals surface area contributed by atoms with Gasteiger partial charge in [-0.05, 0) is 25.3 Å². The van der Waals surface area contributed by atoms with Crippen LogP contribution in [0, 0.1) is 29.1 Å². The molecule has 1 saturated carbocycles. The van der Waals surface area contributed by atoms with Crippen LogP contribution in [-0.2, 0) is 10.0 Å². The molecule has 1 aliphatic rings. The van der Waals surface area contributed by atoms with Crippen LogP contribution in [-0.4, -0.2) is 31.6 Å². The second-order valence-electron chi connectivity index (χ2n) is 6.70. The highest BCUT2D eigenvalue weighted by Gasteiger charge is 2.32. The van der Waals surface area contributed by atoms with Crippen LogP contribution in [0.1, 0.15) is 29.6 Å². The van der Waals surface area contributed by atoms with E-state index in [0.717, 1.165) is 0 Å². The summed E-state index contributed by atoms with van der Waals surface area (Å²) >= 11 is 0. The first-order valence-electron chi connectivity index (χ1n) is 8.65. The number of aliphatic hydroxyl groups is 1. The van der Waals surface area contributed by atoms with Crippen molar-refractivity contribution in [3.8, 4) is 0 Å². The largest absolute Gasteiger partial charge is 0.391 e. The number of hydrogen-bond acceptors (Lipinski definition) is 4. The molecule has 1 aliphatic carbocycles. The number of nitrogens with one attached hydrogen (secondary N) is 2. The SMILES string of the molecule is O=C(Nc1cc(F)c(F)c(F)c1)c1cc(S(=O)(=O)NC2CCCC2O)c(F)cc1F. The molecule has 2 aromatic rings. The van der Waals surface area contributed by atoms with E-state index in [1.54, 1.807) is 0 Å². The van der Waals surface area contributed by atoms with Crippen molar-refractivity contribution in [2.24, 2.45) is 0 Å². The van der Waals surface area contributed by atoms with Crippen LogP contribution in [0.25, 0.3) is 0 Å². The Hall–Kier alpha value is -2.57. The normalized spacial score (nSPS) is 19.1. The van der Waals surface area contributed by atoms with Crippen molar-refractivity contribution in [1.82, 2.24) is 4.72 Å². The molecule has 3 N–H and O–H groups in total. The maximum Gasteiger partial charge on any atom is 0.258 e. The molecule has 0 saturated heterocycles. The molecule has 30 heavy (non-hydrogen) atoms. The van der Waals surface area contributed by atoms with Gasteiger partial charge in [-0.3, -0.25) is 4.79 Å². The van der Waals surface area contributed by atoms with Gasteiger partial charge in [-0.2, -0.15) is 0 Å². The van der Waals surface area contributed by atoms with Crippen LogP contribution >= 0.6 is 0 Å². The third kappa shape index (κ3) is 4.45. The van der Waals surface area contributed by atoms with Crippen LogP contribution < -0.4 is 10.0 Å². The number of benzene rings is 2. The number of carbonyl (C=O) groups is 1. The molecule has 12 heteroatoms. The molecule has 2 atom stereocenters. The Morgan fingerprint density at radius 3 is 2.13 bits per heavy atom. The lowest BCUT2D eigenvalue weighted by Gasteiger charge is -2.17. The van der Waals surface area contributed by atoms with Gasteiger partial charge in [-0.1, -0.05) is 0 Å². The van der Waals surface area contributed by atoms with E-state index < -0.39 is 73.3 Å². The second-order valence-corrected chi connectivity index (χ2v) is 8.38. The predicted molar refractivity (Wildman–Crippen MR) is 94.6 cm³/mol. The van der Waals surface area contributed by atoms with Gasteiger partial charge in [0.05, 0.1) is 11.7 Å². The summed E-state index contributed by atoms with van der Waals surface area (Å²) in [7, 11) is -4.57. The minimum Gasteiger partial charge on any atom is -0.391 e. The van der Waals surface area contributed by atoms with E-state index in [1.807, 2.05) is 5.32 Å². The van der Waals surface area contributed by atoms with Crippen LogP contribution in [0.15, 0.2) is 29.2 Å². The molecule has 1 amide bonds. The van der Waals surface area contributed by atoms with Crippen molar-refractivity contribution >= 4 is 21.6 Å². The Morgan fingerprint density at radius 1 is 0.933 bits per heavy atom. The molecular formula is C18H15F5N2O4S. The standard InChI is InChI=1S/C18H15F5N2O4S/c19-10-7-11(20)16(30(28,29)25-14-2-1-3-15(14)26)6-9(10)18(27)24-8-4-12(21)17(23)13(22)5-8/h4-7,14-15,25-26H,1-3H2,(H,24,27). The summed E-state index contributed by atoms with van der Waals surface area (Å²) in [6.07, 6.45) is 0.211. The predicted octanol–water partition coefficient (Wildman–Crippen LogP) is 2.83. The summed E-state index contributed by atoms with van der Waals surface area (Å²) in [5, 5.41) is 11.6. The molecule has 0 radical (unpaired) electrons. The zero-order valence-electron chi connectivity index (χ0n) is 15.1. The van der Waals surface area contributed by atoms with Crippen molar-refractivity contribution in [2.45, 2.75) is 36.3 Å². The van der Waals surface area contributed by atoms with Crippen LogP contribution in [0.2, 0.25) is 0 Å². The van der Waals surface area contributed by atoms with E-state index in [2.05, 4.69) is 4.72 Å². The van der Waals surface area contributed by atoms with Gasteiger partial charge in [0, 0.05) is 29.9 Å². The van der Waals surface area contributed by atoms with Crippen molar-refractivity contribution < 1.29 is 40.3 Å². The van der Waals surface area contributed by atoms with Gasteiger partial charge >= 0.3 is 0 Å². The second kappa shape index (κ2) is 8.28. The van der Waals surface area contributed by atoms with Gasteiger partial charge in [-0.15, -0.1) is 0 Å². The lowest BCUT2D eigenvalue weighted by molar-refractivity contribution is 0.102. The van der Waals surface area contributed by atoms with Gasteiger partial charge in [0.2, 0.25) is 10.0 Å². The fourth-order valence-corrected chi connectivity index (χ4v) is 4.47. The lowest BCUT2D eigenvalue weighted by Crippen LogP contribution is -2.40. The topological polar surface area (TPSA) is 95.5 Å². The monoisotopic (exact) mass is 450 g/mol. The maximum atomic E-state index is 14.1. The molecular weight excluding hydrogens is 435 g/mol. The molecule has 1 fully saturated rings. The number of amides is 1. The minimum atomic E-state index is -4.57. The Bertz CT molecular complexity index is 1090. The molecule has 162 valence electrons. The summed E-state index contributed by atoms with van der Waals surface area (Å²) in [4.78, 5) is 11.2. The number of halogens is 5. The van der Waals surface area contributed by atoms with Crippen molar-refractivity contribution in [3.63, 3.8) is 0 Å². The van der Waals surface area contributed by atoms with Gasteiger partial charge in [0.15, 0.2) is 17.5 Å². The molecule has 0 bridgehead atoms. The first kappa shape index (κ1) is 22.1. The molecule has 2 aromatic carbocycles. The highest BCUT2D eigenvalue weighted by molar-refractivity contribution is 7.89. The lowest BCUT2D eigenvalue weighted by atomic mass is 10.2. The summed E-state index contributed by atoms with van der Waals surface area (Å²) in [5.74, 6) is -9.29. The quantitative estimate of drug-likeness (QED) is 0.482.